The molecule has 1 rings (SSSR count). The molecule has 1 atom stereocenters. The van der Waals surface area contributed by atoms with Gasteiger partial charge < -0.3 is 4.74 Å². The van der Waals surface area contributed by atoms with Gasteiger partial charge in [0.05, 0.1) is 13.7 Å². The van der Waals surface area contributed by atoms with Crippen molar-refractivity contribution in [2.24, 2.45) is 0 Å². The molecule has 0 aliphatic heterocycles. The second-order valence-electron chi connectivity index (χ2n) is 4.05. The Morgan fingerprint density at radius 3 is 2.32 bits per heavy atom. The monoisotopic (exact) mass is 275 g/mol. The van der Waals surface area contributed by atoms with Gasteiger partial charge in [-0.3, -0.25) is 5.32 Å². The number of methoxy groups -OCH3 is 1. The van der Waals surface area contributed by atoms with Crippen LogP contribution in [0, 0.1) is 0 Å². The zero-order valence-corrected chi connectivity index (χ0v) is 10.8. The lowest BCUT2D eigenvalue weighted by atomic mass is 10.0. The van der Waals surface area contributed by atoms with Crippen LogP contribution in [-0.2, 0) is 16.0 Å². The summed E-state index contributed by atoms with van der Waals surface area (Å²) in [5.41, 5.74) is 1.50. The van der Waals surface area contributed by atoms with Crippen LogP contribution >= 0.6 is 0 Å². The van der Waals surface area contributed by atoms with Gasteiger partial charge in [-0.25, -0.2) is 4.79 Å². The van der Waals surface area contributed by atoms with Crippen molar-refractivity contribution in [3.05, 3.63) is 35.4 Å². The van der Waals surface area contributed by atoms with Crippen LogP contribution in [0.25, 0.3) is 0 Å². The van der Waals surface area contributed by atoms with E-state index >= 15 is 0 Å². The third kappa shape index (κ3) is 4.90. The Kier molecular flexibility index (Phi) is 5.35. The zero-order chi connectivity index (χ0) is 14.5. The fraction of sp³-hybridized carbons (Fsp3) is 0.462. The fourth-order valence-electron chi connectivity index (χ4n) is 1.62. The van der Waals surface area contributed by atoms with Crippen LogP contribution in [-0.4, -0.2) is 25.8 Å². The maximum atomic E-state index is 12.2. The Morgan fingerprint density at radius 1 is 1.32 bits per heavy atom. The molecule has 0 aliphatic carbocycles. The molecule has 1 aromatic carbocycles. The van der Waals surface area contributed by atoms with E-state index in [1.165, 1.54) is 0 Å². The summed E-state index contributed by atoms with van der Waals surface area (Å²) in [6, 6.07) is 5.70. The molecule has 0 spiro atoms. The summed E-state index contributed by atoms with van der Waals surface area (Å²) in [5.74, 6) is -0.742. The molecule has 19 heavy (non-hydrogen) atoms. The first-order valence-electron chi connectivity index (χ1n) is 5.84. The molecule has 106 valence electrons. The van der Waals surface area contributed by atoms with Crippen LogP contribution in [0.15, 0.2) is 24.3 Å². The Bertz CT molecular complexity index is 415. The van der Waals surface area contributed by atoms with Gasteiger partial charge in [-0.2, -0.15) is 13.2 Å². The highest BCUT2D eigenvalue weighted by Gasteiger charge is 2.31. The van der Waals surface area contributed by atoms with Gasteiger partial charge in [0, 0.05) is 0 Å². The number of esters is 1. The standard InChI is InChI=1S/C13H16F3NO2/c1-3-9-4-6-10(7-5-9)11(12(18)19-2)17-8-13(14,15)16/h4-7,11,17H,3,8H2,1-2H3. The predicted octanol–water partition coefficient (Wildman–Crippen LogP) is 2.62. The van der Waals surface area contributed by atoms with Crippen molar-refractivity contribution in [3.8, 4) is 0 Å². The summed E-state index contributed by atoms with van der Waals surface area (Å²) in [7, 11) is 1.14. The zero-order valence-electron chi connectivity index (χ0n) is 10.8. The van der Waals surface area contributed by atoms with Gasteiger partial charge in [0.1, 0.15) is 6.04 Å². The van der Waals surface area contributed by atoms with Crippen molar-refractivity contribution in [3.63, 3.8) is 0 Å². The van der Waals surface area contributed by atoms with E-state index in [-0.39, 0.29) is 0 Å². The van der Waals surface area contributed by atoms with E-state index < -0.39 is 24.7 Å². The number of benzene rings is 1. The molecular weight excluding hydrogens is 259 g/mol. The van der Waals surface area contributed by atoms with Crippen LogP contribution < -0.4 is 5.32 Å². The summed E-state index contributed by atoms with van der Waals surface area (Å²) in [6.07, 6.45) is -3.56. The number of ether oxygens (including phenoxy) is 1. The van der Waals surface area contributed by atoms with Crippen LogP contribution in [0.1, 0.15) is 24.1 Å². The highest BCUT2D eigenvalue weighted by atomic mass is 19.4. The quantitative estimate of drug-likeness (QED) is 0.839. The van der Waals surface area contributed by atoms with Crippen molar-refractivity contribution in [1.29, 1.82) is 0 Å². The van der Waals surface area contributed by atoms with Crippen LogP contribution in [0.3, 0.4) is 0 Å². The largest absolute Gasteiger partial charge is 0.468 e. The number of rotatable bonds is 5. The molecule has 0 amide bonds. The third-order valence-electron chi connectivity index (χ3n) is 2.66. The predicted molar refractivity (Wildman–Crippen MR) is 64.6 cm³/mol. The topological polar surface area (TPSA) is 38.3 Å². The molecule has 0 fully saturated rings. The number of hydrogen-bond donors (Lipinski definition) is 1. The molecule has 0 aromatic heterocycles. The van der Waals surface area contributed by atoms with Crippen LogP contribution in [0.2, 0.25) is 0 Å². The molecule has 6 heteroatoms. The van der Waals surface area contributed by atoms with E-state index in [0.717, 1.165) is 19.1 Å². The van der Waals surface area contributed by atoms with E-state index in [2.05, 4.69) is 10.1 Å². The Hall–Kier alpha value is -1.56. The maximum absolute atomic E-state index is 12.2. The van der Waals surface area contributed by atoms with Crippen molar-refractivity contribution < 1.29 is 22.7 Å². The summed E-state index contributed by atoms with van der Waals surface area (Å²) in [6.45, 7) is 0.719. The van der Waals surface area contributed by atoms with Crippen molar-refractivity contribution >= 4 is 5.97 Å². The molecule has 0 aliphatic rings. The lowest BCUT2D eigenvalue weighted by molar-refractivity contribution is -0.146. The van der Waals surface area contributed by atoms with Gasteiger partial charge in [0.25, 0.3) is 0 Å². The molecule has 0 bridgehead atoms. The van der Waals surface area contributed by atoms with Gasteiger partial charge in [-0.15, -0.1) is 0 Å². The average Bonchev–Trinajstić information content (AvgIpc) is 2.38. The lowest BCUT2D eigenvalue weighted by Gasteiger charge is -2.18. The molecule has 0 saturated carbocycles. The molecule has 1 aromatic rings. The Balaban J connectivity index is 2.86. The van der Waals surface area contributed by atoms with Crippen LogP contribution in [0.4, 0.5) is 13.2 Å². The first kappa shape index (κ1) is 15.5. The first-order valence-corrected chi connectivity index (χ1v) is 5.84. The van der Waals surface area contributed by atoms with E-state index in [1.54, 1.807) is 24.3 Å². The molecule has 1 N–H and O–H groups in total. The number of halogens is 3. The number of alkyl halides is 3. The Morgan fingerprint density at radius 2 is 1.89 bits per heavy atom. The van der Waals surface area contributed by atoms with Crippen molar-refractivity contribution in [2.75, 3.05) is 13.7 Å². The minimum atomic E-state index is -4.38. The minimum Gasteiger partial charge on any atom is -0.468 e. The average molecular weight is 275 g/mol. The normalized spacial score (nSPS) is 13.1. The number of hydrogen-bond acceptors (Lipinski definition) is 3. The number of carbonyl (C=O) groups excluding carboxylic acids is 1. The molecule has 0 saturated heterocycles. The summed E-state index contributed by atoms with van der Waals surface area (Å²) in [4.78, 5) is 11.5. The van der Waals surface area contributed by atoms with Gasteiger partial charge in [0.2, 0.25) is 0 Å². The maximum Gasteiger partial charge on any atom is 0.401 e. The second-order valence-corrected chi connectivity index (χ2v) is 4.05. The molecule has 1 unspecified atom stereocenters. The fourth-order valence-corrected chi connectivity index (χ4v) is 1.62. The van der Waals surface area contributed by atoms with Crippen LogP contribution in [0.5, 0.6) is 0 Å². The SMILES string of the molecule is CCc1ccc(C(NCC(F)(F)F)C(=O)OC)cc1. The van der Waals surface area contributed by atoms with Crippen molar-refractivity contribution in [2.45, 2.75) is 25.6 Å². The summed E-state index contributed by atoms with van der Waals surface area (Å²) >= 11 is 0. The first-order chi connectivity index (χ1) is 8.87. The smallest absolute Gasteiger partial charge is 0.401 e. The van der Waals surface area contributed by atoms with Gasteiger partial charge in [-0.05, 0) is 17.5 Å². The van der Waals surface area contributed by atoms with Gasteiger partial charge in [0.15, 0.2) is 0 Å². The second kappa shape index (κ2) is 6.56. The highest BCUT2D eigenvalue weighted by Crippen LogP contribution is 2.19. The number of aryl methyl sites for hydroxylation is 1. The summed E-state index contributed by atoms with van der Waals surface area (Å²) in [5, 5.41) is 2.16. The van der Waals surface area contributed by atoms with E-state index in [0.29, 0.717) is 5.56 Å². The number of nitrogens with one attached hydrogen (secondary N) is 1. The molecule has 0 heterocycles. The Labute approximate surface area is 109 Å². The molecule has 0 radical (unpaired) electrons. The third-order valence-corrected chi connectivity index (χ3v) is 2.66. The highest BCUT2D eigenvalue weighted by molar-refractivity contribution is 5.77. The van der Waals surface area contributed by atoms with Gasteiger partial charge >= 0.3 is 12.1 Å². The summed E-state index contributed by atoms with van der Waals surface area (Å²) < 4.78 is 41.1. The lowest BCUT2D eigenvalue weighted by Crippen LogP contribution is -2.36. The molecular formula is C13H16F3NO2. The van der Waals surface area contributed by atoms with E-state index in [1.807, 2.05) is 6.92 Å². The van der Waals surface area contributed by atoms with Crippen molar-refractivity contribution in [1.82, 2.24) is 5.32 Å². The minimum absolute atomic E-state index is 0.452. The molecule has 3 nitrogen and oxygen atoms in total. The van der Waals surface area contributed by atoms with Gasteiger partial charge in [-0.1, -0.05) is 31.2 Å². The number of carbonyl (C=O) groups is 1. The van der Waals surface area contributed by atoms with E-state index in [4.69, 9.17) is 0 Å². The van der Waals surface area contributed by atoms with E-state index in [9.17, 15) is 18.0 Å².